The van der Waals surface area contributed by atoms with E-state index in [-0.39, 0.29) is 6.54 Å². The van der Waals surface area contributed by atoms with Crippen molar-refractivity contribution in [2.24, 2.45) is 0 Å². The van der Waals surface area contributed by atoms with Crippen molar-refractivity contribution >= 4 is 6.09 Å². The van der Waals surface area contributed by atoms with Gasteiger partial charge in [0.1, 0.15) is 11.4 Å². The normalized spacial score (nSPS) is 21.5. The zero-order chi connectivity index (χ0) is 32.1. The number of ether oxygens (including phenoxy) is 2. The van der Waals surface area contributed by atoms with E-state index in [0.717, 1.165) is 27.8 Å². The zero-order valence-electron chi connectivity index (χ0n) is 26.1. The Morgan fingerprint density at radius 1 is 0.761 bits per heavy atom. The van der Waals surface area contributed by atoms with E-state index in [9.17, 15) is 15.0 Å². The van der Waals surface area contributed by atoms with Crippen LogP contribution in [-0.4, -0.2) is 52.6 Å². The minimum absolute atomic E-state index is 0.0423. The molecule has 6 heteroatoms. The molecule has 0 spiro atoms. The Labute approximate surface area is 270 Å². The van der Waals surface area contributed by atoms with Crippen molar-refractivity contribution in [3.8, 4) is 5.75 Å². The maximum absolute atomic E-state index is 13.1. The smallest absolute Gasteiger partial charge is 0.407 e. The molecule has 5 aromatic carbocycles. The van der Waals surface area contributed by atoms with Gasteiger partial charge in [0, 0.05) is 5.92 Å². The highest BCUT2D eigenvalue weighted by atomic mass is 16.5. The first-order chi connectivity index (χ1) is 22.4. The van der Waals surface area contributed by atoms with Gasteiger partial charge in [0.2, 0.25) is 0 Å². The molecule has 1 saturated heterocycles. The second-order valence-electron chi connectivity index (χ2n) is 12.1. The Bertz CT molecular complexity index is 1620. The summed E-state index contributed by atoms with van der Waals surface area (Å²) in [4.78, 5) is 14.5. The minimum Gasteiger partial charge on any atom is -0.497 e. The van der Waals surface area contributed by atoms with Crippen molar-refractivity contribution in [2.75, 3.05) is 13.7 Å². The molecule has 0 aromatic heterocycles. The molecule has 6 rings (SSSR count). The Hall–Kier alpha value is -4.91. The van der Waals surface area contributed by atoms with E-state index in [2.05, 4.69) is 0 Å². The van der Waals surface area contributed by atoms with E-state index in [4.69, 9.17) is 9.47 Å². The van der Waals surface area contributed by atoms with Crippen molar-refractivity contribution in [3.63, 3.8) is 0 Å². The van der Waals surface area contributed by atoms with Crippen LogP contribution in [0.5, 0.6) is 5.75 Å². The molecule has 1 aliphatic heterocycles. The molecule has 0 bridgehead atoms. The van der Waals surface area contributed by atoms with Crippen LogP contribution >= 0.6 is 0 Å². The summed E-state index contributed by atoms with van der Waals surface area (Å²) >= 11 is 0. The summed E-state index contributed by atoms with van der Waals surface area (Å²) in [6.07, 6.45) is -2.63. The minimum atomic E-state index is -1.15. The summed E-state index contributed by atoms with van der Waals surface area (Å²) < 4.78 is 12.9. The molecule has 4 atom stereocenters. The molecule has 234 valence electrons. The van der Waals surface area contributed by atoms with Gasteiger partial charge in [-0.1, -0.05) is 133 Å². The molecule has 1 aliphatic rings. The van der Waals surface area contributed by atoms with Gasteiger partial charge >= 0.3 is 6.09 Å². The SMILES string of the molecule is COc1ccc([C@@H]2[C@@H](O)C(C)(Cc3ccccc3)N(C(=O)O)C[C@H]2OC(c2ccccc2)(c2ccccc2)c2ccccc2)cc1. The van der Waals surface area contributed by atoms with E-state index in [1.54, 1.807) is 7.11 Å². The number of nitrogens with zero attached hydrogens (tertiary/aromatic N) is 1. The highest BCUT2D eigenvalue weighted by Gasteiger charge is 2.55. The quantitative estimate of drug-likeness (QED) is 0.168. The summed E-state index contributed by atoms with van der Waals surface area (Å²) in [5, 5.41) is 23.2. The standard InChI is InChI=1S/C40H39NO5/c1-39(27-29-15-7-3-8-16-29)37(42)36(30-23-25-34(45-2)26-24-30)35(28-41(39)38(43)44)46-40(31-17-9-4-10-18-31,32-19-11-5-12-20-32)33-21-13-6-14-22-33/h3-26,35-37,42H,27-28H2,1-2H3,(H,43,44)/t35-,36+,37-,39?/m1/s1. The van der Waals surface area contributed by atoms with Gasteiger partial charge in [0.15, 0.2) is 0 Å². The molecule has 0 aliphatic carbocycles. The number of likely N-dealkylation sites (tertiary alicyclic amines) is 1. The van der Waals surface area contributed by atoms with Crippen LogP contribution in [-0.2, 0) is 16.8 Å². The van der Waals surface area contributed by atoms with Crippen LogP contribution in [0.4, 0.5) is 4.79 Å². The van der Waals surface area contributed by atoms with Gasteiger partial charge in [-0.15, -0.1) is 0 Å². The average molecular weight is 614 g/mol. The third-order valence-electron chi connectivity index (χ3n) is 9.36. The molecular weight excluding hydrogens is 574 g/mol. The molecule has 1 heterocycles. The van der Waals surface area contributed by atoms with E-state index >= 15 is 0 Å². The largest absolute Gasteiger partial charge is 0.497 e. The third-order valence-corrected chi connectivity index (χ3v) is 9.36. The first kappa shape index (κ1) is 31.1. The van der Waals surface area contributed by atoms with Crippen molar-refractivity contribution in [3.05, 3.63) is 173 Å². The Kier molecular flexibility index (Phi) is 8.93. The first-order valence-corrected chi connectivity index (χ1v) is 15.6. The molecule has 2 N–H and O–H groups in total. The Balaban J connectivity index is 1.55. The lowest BCUT2D eigenvalue weighted by Gasteiger charge is -2.54. The number of piperidine rings is 1. The topological polar surface area (TPSA) is 79.2 Å². The molecule has 0 radical (unpaired) electrons. The molecule has 1 fully saturated rings. The van der Waals surface area contributed by atoms with Gasteiger partial charge in [0.25, 0.3) is 0 Å². The van der Waals surface area contributed by atoms with Crippen LogP contribution in [0.3, 0.4) is 0 Å². The summed E-state index contributed by atoms with van der Waals surface area (Å²) in [7, 11) is 1.62. The summed E-state index contributed by atoms with van der Waals surface area (Å²) in [6, 6.07) is 47.4. The molecule has 1 unspecified atom stereocenters. The molecule has 1 amide bonds. The molecule has 46 heavy (non-hydrogen) atoms. The molecule has 0 saturated carbocycles. The average Bonchev–Trinajstić information content (AvgIpc) is 3.10. The van der Waals surface area contributed by atoms with E-state index in [0.29, 0.717) is 12.2 Å². The van der Waals surface area contributed by atoms with Crippen molar-refractivity contribution in [2.45, 2.75) is 42.6 Å². The number of carbonyl (C=O) groups is 1. The number of carboxylic acid groups (broad SMARTS) is 1. The summed E-state index contributed by atoms with van der Waals surface area (Å²) in [5.74, 6) is 0.115. The van der Waals surface area contributed by atoms with Gasteiger partial charge < -0.3 is 19.7 Å². The van der Waals surface area contributed by atoms with Gasteiger partial charge in [-0.05, 0) is 53.3 Å². The maximum atomic E-state index is 13.1. The predicted octanol–water partition coefficient (Wildman–Crippen LogP) is 7.51. The fraction of sp³-hybridized carbons (Fsp3) is 0.225. The fourth-order valence-corrected chi connectivity index (χ4v) is 7.04. The molecule has 5 aromatic rings. The molecular formula is C40H39NO5. The first-order valence-electron chi connectivity index (χ1n) is 15.6. The van der Waals surface area contributed by atoms with Crippen molar-refractivity contribution in [1.82, 2.24) is 4.90 Å². The second kappa shape index (κ2) is 13.2. The highest BCUT2D eigenvalue weighted by molar-refractivity contribution is 5.67. The Morgan fingerprint density at radius 3 is 1.65 bits per heavy atom. The summed E-state index contributed by atoms with van der Waals surface area (Å²) in [6.45, 7) is 1.88. The summed E-state index contributed by atoms with van der Waals surface area (Å²) in [5.41, 5.74) is 2.21. The number of benzene rings is 5. The van der Waals surface area contributed by atoms with Crippen LogP contribution in [0.25, 0.3) is 0 Å². The number of hydrogen-bond acceptors (Lipinski definition) is 4. The number of hydrogen-bond donors (Lipinski definition) is 2. The van der Waals surface area contributed by atoms with E-state index in [1.807, 2.05) is 153 Å². The zero-order valence-corrected chi connectivity index (χ0v) is 26.1. The number of aliphatic hydroxyl groups is 1. The Morgan fingerprint density at radius 2 is 1.22 bits per heavy atom. The van der Waals surface area contributed by atoms with E-state index < -0.39 is 35.4 Å². The van der Waals surface area contributed by atoms with Gasteiger partial charge in [0.05, 0.1) is 31.4 Å². The van der Waals surface area contributed by atoms with Crippen LogP contribution in [0.15, 0.2) is 146 Å². The van der Waals surface area contributed by atoms with Crippen LogP contribution in [0.2, 0.25) is 0 Å². The van der Waals surface area contributed by atoms with Crippen molar-refractivity contribution in [1.29, 1.82) is 0 Å². The lowest BCUT2D eigenvalue weighted by Crippen LogP contribution is -2.68. The number of aliphatic hydroxyl groups excluding tert-OH is 1. The van der Waals surface area contributed by atoms with Gasteiger partial charge in [-0.2, -0.15) is 0 Å². The van der Waals surface area contributed by atoms with Crippen LogP contribution in [0, 0.1) is 0 Å². The number of rotatable bonds is 9. The van der Waals surface area contributed by atoms with Gasteiger partial charge in [-0.25, -0.2) is 4.79 Å². The van der Waals surface area contributed by atoms with Crippen LogP contribution in [0.1, 0.15) is 40.7 Å². The lowest BCUT2D eigenvalue weighted by atomic mass is 9.70. The second-order valence-corrected chi connectivity index (χ2v) is 12.1. The molecule has 6 nitrogen and oxygen atoms in total. The number of amides is 1. The van der Waals surface area contributed by atoms with E-state index in [1.165, 1.54) is 4.90 Å². The van der Waals surface area contributed by atoms with Crippen molar-refractivity contribution < 1.29 is 24.5 Å². The monoisotopic (exact) mass is 613 g/mol. The fourth-order valence-electron chi connectivity index (χ4n) is 7.04. The highest BCUT2D eigenvalue weighted by Crippen LogP contribution is 2.48. The predicted molar refractivity (Wildman–Crippen MR) is 179 cm³/mol. The van der Waals surface area contributed by atoms with Crippen LogP contribution < -0.4 is 4.74 Å². The number of methoxy groups -OCH3 is 1. The maximum Gasteiger partial charge on any atom is 0.407 e. The lowest BCUT2D eigenvalue weighted by molar-refractivity contribution is -0.151. The third kappa shape index (κ3) is 5.78. The van der Waals surface area contributed by atoms with Gasteiger partial charge in [-0.3, -0.25) is 4.90 Å².